The lowest BCUT2D eigenvalue weighted by Crippen LogP contribution is -2.38. The van der Waals surface area contributed by atoms with Gasteiger partial charge in [0.05, 0.1) is 19.8 Å². The van der Waals surface area contributed by atoms with Crippen molar-refractivity contribution < 1.29 is 19.1 Å². The van der Waals surface area contributed by atoms with Crippen molar-refractivity contribution >= 4 is 11.8 Å². The second-order valence-corrected chi connectivity index (χ2v) is 8.93. The molecule has 2 amide bonds. The third-order valence-corrected chi connectivity index (χ3v) is 6.31. The van der Waals surface area contributed by atoms with E-state index in [1.165, 1.54) is 0 Å². The highest BCUT2D eigenvalue weighted by Crippen LogP contribution is 2.25. The average Bonchev–Trinajstić information content (AvgIpc) is 2.87. The topological polar surface area (TPSA) is 79.9 Å². The van der Waals surface area contributed by atoms with E-state index in [-0.39, 0.29) is 11.8 Å². The van der Waals surface area contributed by atoms with Crippen LogP contribution in [-0.2, 0) is 11.2 Å². The van der Waals surface area contributed by atoms with Crippen LogP contribution in [0.5, 0.6) is 5.75 Å². The molecular weight excluding hydrogens is 430 g/mol. The van der Waals surface area contributed by atoms with E-state index in [4.69, 9.17) is 9.47 Å². The van der Waals surface area contributed by atoms with E-state index in [9.17, 15) is 9.59 Å². The van der Waals surface area contributed by atoms with Crippen LogP contribution in [-0.4, -0.2) is 69.3 Å². The highest BCUT2D eigenvalue weighted by atomic mass is 16.5. The zero-order valence-corrected chi connectivity index (χ0v) is 19.8. The van der Waals surface area contributed by atoms with Crippen molar-refractivity contribution in [3.05, 3.63) is 64.7 Å². The minimum absolute atomic E-state index is 0.0411. The maximum Gasteiger partial charge on any atom is 0.251 e. The summed E-state index contributed by atoms with van der Waals surface area (Å²) in [7, 11) is 0. The number of benzene rings is 2. The van der Waals surface area contributed by atoms with Crippen molar-refractivity contribution in [2.24, 2.45) is 0 Å². The summed E-state index contributed by atoms with van der Waals surface area (Å²) < 4.78 is 11.5. The first-order valence-corrected chi connectivity index (χ1v) is 12.4. The van der Waals surface area contributed by atoms with E-state index in [2.05, 4.69) is 15.5 Å². The standard InChI is InChI=1S/C27H35N3O4/c31-26-22-7-4-6-21(18-22)19-24-20-23(8-9-25(24)34-15-3-1-2-10-28-26)27(32)29-11-5-12-30-13-16-33-17-14-30/h4,6-9,18,20H,1-3,5,10-17,19H2,(H,28,31)(H,29,32). The van der Waals surface area contributed by atoms with Gasteiger partial charge in [0.25, 0.3) is 11.8 Å². The Morgan fingerprint density at radius 1 is 1.03 bits per heavy atom. The number of carbonyl (C=O) groups is 2. The quantitative estimate of drug-likeness (QED) is 0.664. The van der Waals surface area contributed by atoms with Crippen LogP contribution in [0.2, 0.25) is 0 Å². The SMILES string of the molecule is O=C1NCCCCCOc2ccc(C(=O)NCCCN3CCOCC3)cc2Cc2cccc1c2. The minimum Gasteiger partial charge on any atom is -0.493 e. The first kappa shape index (κ1) is 24.2. The van der Waals surface area contributed by atoms with Crippen LogP contribution in [0, 0.1) is 0 Å². The Bertz CT molecular complexity index is 972. The molecule has 7 heteroatoms. The normalized spacial score (nSPS) is 17.6. The molecule has 1 fully saturated rings. The number of nitrogens with one attached hydrogen (secondary N) is 2. The van der Waals surface area contributed by atoms with Crippen molar-refractivity contribution in [3.63, 3.8) is 0 Å². The van der Waals surface area contributed by atoms with Gasteiger partial charge in [-0.25, -0.2) is 0 Å². The molecular formula is C27H35N3O4. The number of hydrogen-bond donors (Lipinski definition) is 2. The second kappa shape index (κ2) is 12.5. The lowest BCUT2D eigenvalue weighted by Gasteiger charge is -2.26. The Hall–Kier alpha value is -2.90. The molecule has 0 aliphatic carbocycles. The lowest BCUT2D eigenvalue weighted by atomic mass is 9.99. The Labute approximate surface area is 201 Å². The van der Waals surface area contributed by atoms with Crippen LogP contribution in [0.15, 0.2) is 42.5 Å². The smallest absolute Gasteiger partial charge is 0.251 e. The summed E-state index contributed by atoms with van der Waals surface area (Å²) in [6, 6.07) is 13.3. The van der Waals surface area contributed by atoms with Gasteiger partial charge in [0, 0.05) is 43.7 Å². The monoisotopic (exact) mass is 465 g/mol. The summed E-state index contributed by atoms with van der Waals surface area (Å²) in [5, 5.41) is 6.04. The summed E-state index contributed by atoms with van der Waals surface area (Å²) in [5.74, 6) is 0.689. The van der Waals surface area contributed by atoms with Gasteiger partial charge in [-0.05, 0) is 73.7 Å². The Balaban J connectivity index is 1.43. The van der Waals surface area contributed by atoms with Gasteiger partial charge >= 0.3 is 0 Å². The number of ether oxygens (including phenoxy) is 2. The fourth-order valence-electron chi connectivity index (χ4n) is 4.36. The van der Waals surface area contributed by atoms with Crippen molar-refractivity contribution in [3.8, 4) is 5.75 Å². The fraction of sp³-hybridized carbons (Fsp3) is 0.481. The van der Waals surface area contributed by atoms with E-state index in [1.807, 2.05) is 42.5 Å². The molecule has 0 unspecified atom stereocenters. The molecule has 2 aromatic rings. The molecule has 2 bridgehead atoms. The number of amides is 2. The summed E-state index contributed by atoms with van der Waals surface area (Å²) in [5.41, 5.74) is 3.25. The molecule has 4 rings (SSSR count). The fourth-order valence-corrected chi connectivity index (χ4v) is 4.36. The Morgan fingerprint density at radius 2 is 1.91 bits per heavy atom. The van der Waals surface area contributed by atoms with Gasteiger partial charge in [-0.1, -0.05) is 12.1 Å². The summed E-state index contributed by atoms with van der Waals surface area (Å²) in [6.45, 7) is 6.39. The Morgan fingerprint density at radius 3 is 2.79 bits per heavy atom. The minimum atomic E-state index is -0.0719. The molecule has 2 aliphatic rings. The zero-order chi connectivity index (χ0) is 23.6. The third kappa shape index (κ3) is 7.05. The van der Waals surface area contributed by atoms with Gasteiger partial charge in [0.15, 0.2) is 0 Å². The van der Waals surface area contributed by atoms with Crippen LogP contribution in [0.4, 0.5) is 0 Å². The number of rotatable bonds is 5. The van der Waals surface area contributed by atoms with Gasteiger partial charge in [-0.3, -0.25) is 14.5 Å². The molecule has 34 heavy (non-hydrogen) atoms. The van der Waals surface area contributed by atoms with E-state index in [0.29, 0.717) is 37.2 Å². The zero-order valence-electron chi connectivity index (χ0n) is 19.8. The van der Waals surface area contributed by atoms with Gasteiger partial charge < -0.3 is 20.1 Å². The Kier molecular flexibility index (Phi) is 8.93. The van der Waals surface area contributed by atoms with Gasteiger partial charge in [0.1, 0.15) is 5.75 Å². The van der Waals surface area contributed by atoms with E-state index < -0.39 is 0 Å². The maximum atomic E-state index is 12.8. The van der Waals surface area contributed by atoms with Gasteiger partial charge in [-0.2, -0.15) is 0 Å². The molecule has 0 spiro atoms. The number of carbonyl (C=O) groups excluding carboxylic acids is 2. The van der Waals surface area contributed by atoms with Crippen LogP contribution in [0.1, 0.15) is 57.5 Å². The van der Waals surface area contributed by atoms with Gasteiger partial charge in [0.2, 0.25) is 0 Å². The molecule has 2 aromatic carbocycles. The molecule has 7 nitrogen and oxygen atoms in total. The second-order valence-electron chi connectivity index (χ2n) is 8.93. The molecule has 2 heterocycles. The first-order valence-electron chi connectivity index (χ1n) is 12.4. The molecule has 0 aromatic heterocycles. The maximum absolute atomic E-state index is 12.8. The first-order chi connectivity index (χ1) is 16.7. The van der Waals surface area contributed by atoms with Crippen molar-refractivity contribution in [1.29, 1.82) is 0 Å². The number of nitrogens with zero attached hydrogens (tertiary/aromatic N) is 1. The summed E-state index contributed by atoms with van der Waals surface area (Å²) in [4.78, 5) is 27.7. The van der Waals surface area contributed by atoms with Crippen LogP contribution >= 0.6 is 0 Å². The predicted octanol–water partition coefficient (Wildman–Crippen LogP) is 3.02. The lowest BCUT2D eigenvalue weighted by molar-refractivity contribution is 0.0374. The van der Waals surface area contributed by atoms with Crippen LogP contribution < -0.4 is 15.4 Å². The van der Waals surface area contributed by atoms with Crippen LogP contribution in [0.3, 0.4) is 0 Å². The van der Waals surface area contributed by atoms with Crippen molar-refractivity contribution in [2.45, 2.75) is 32.1 Å². The van der Waals surface area contributed by atoms with Crippen molar-refractivity contribution in [1.82, 2.24) is 15.5 Å². The van der Waals surface area contributed by atoms with Gasteiger partial charge in [-0.15, -0.1) is 0 Å². The van der Waals surface area contributed by atoms with Crippen molar-refractivity contribution in [2.75, 3.05) is 52.5 Å². The molecule has 2 aliphatic heterocycles. The molecule has 182 valence electrons. The number of hydrogen-bond acceptors (Lipinski definition) is 5. The highest BCUT2D eigenvalue weighted by molar-refractivity contribution is 5.95. The molecule has 0 saturated carbocycles. The third-order valence-electron chi connectivity index (χ3n) is 6.31. The van der Waals surface area contributed by atoms with Crippen LogP contribution in [0.25, 0.3) is 0 Å². The number of fused-ring (bicyclic) bond motifs is 3. The highest BCUT2D eigenvalue weighted by Gasteiger charge is 2.14. The molecule has 1 saturated heterocycles. The summed E-state index contributed by atoms with van der Waals surface area (Å²) >= 11 is 0. The number of morpholine rings is 1. The summed E-state index contributed by atoms with van der Waals surface area (Å²) in [6.07, 6.45) is 4.34. The van der Waals surface area contributed by atoms with E-state index in [0.717, 1.165) is 75.4 Å². The largest absolute Gasteiger partial charge is 0.493 e. The predicted molar refractivity (Wildman–Crippen MR) is 132 cm³/mol. The molecule has 0 radical (unpaired) electrons. The average molecular weight is 466 g/mol. The van der Waals surface area contributed by atoms with E-state index in [1.54, 1.807) is 0 Å². The molecule has 0 atom stereocenters. The van der Waals surface area contributed by atoms with E-state index >= 15 is 0 Å². The molecule has 2 N–H and O–H groups in total.